The number of hydrogen-bond donors (Lipinski definition) is 0. The van der Waals surface area contributed by atoms with Crippen molar-refractivity contribution in [2.45, 2.75) is 25.8 Å². The maximum Gasteiger partial charge on any atom is 0.290 e. The Labute approximate surface area is 91.9 Å². The van der Waals surface area contributed by atoms with Gasteiger partial charge >= 0.3 is 0 Å². The first-order chi connectivity index (χ1) is 7.24. The van der Waals surface area contributed by atoms with Crippen molar-refractivity contribution in [1.82, 2.24) is 9.88 Å². The minimum atomic E-state index is -0.350. The maximum absolute atomic E-state index is 11.6. The highest BCUT2D eigenvalue weighted by atomic mass is 32.1. The molecule has 1 amide bonds. The second-order valence-electron chi connectivity index (χ2n) is 3.47. The number of rotatable bonds is 3. The standard InChI is InChI=1S/C10H12N2O2S/c1-2-7(9-11-4-6-15-9)12-5-3-8(13)10(12)14/h4,6-7H,2-3,5H2,1H3. The zero-order valence-corrected chi connectivity index (χ0v) is 9.29. The van der Waals surface area contributed by atoms with E-state index in [0.717, 1.165) is 11.4 Å². The monoisotopic (exact) mass is 224 g/mol. The van der Waals surface area contributed by atoms with E-state index in [1.807, 2.05) is 12.3 Å². The average Bonchev–Trinajstić information content (AvgIpc) is 2.84. The fourth-order valence-electron chi connectivity index (χ4n) is 1.82. The van der Waals surface area contributed by atoms with Crippen molar-refractivity contribution < 1.29 is 9.59 Å². The van der Waals surface area contributed by atoms with E-state index in [4.69, 9.17) is 0 Å². The molecule has 1 aromatic heterocycles. The van der Waals surface area contributed by atoms with Crippen LogP contribution in [0, 0.1) is 0 Å². The van der Waals surface area contributed by atoms with Gasteiger partial charge in [-0.1, -0.05) is 6.92 Å². The number of carbonyl (C=O) groups is 2. The minimum Gasteiger partial charge on any atom is -0.326 e. The summed E-state index contributed by atoms with van der Waals surface area (Å²) in [6.45, 7) is 2.54. The SMILES string of the molecule is CCC(c1nccs1)N1CCC(=O)C1=O. The molecule has 2 rings (SSSR count). The van der Waals surface area contributed by atoms with Crippen LogP contribution < -0.4 is 0 Å². The van der Waals surface area contributed by atoms with Crippen LogP contribution in [0.4, 0.5) is 0 Å². The summed E-state index contributed by atoms with van der Waals surface area (Å²) >= 11 is 1.53. The number of thiazole rings is 1. The van der Waals surface area contributed by atoms with Crippen molar-refractivity contribution in [2.24, 2.45) is 0 Å². The van der Waals surface area contributed by atoms with E-state index >= 15 is 0 Å². The van der Waals surface area contributed by atoms with Crippen LogP contribution in [0.15, 0.2) is 11.6 Å². The molecule has 0 radical (unpaired) electrons. The number of hydrogen-bond acceptors (Lipinski definition) is 4. The normalized spacial score (nSPS) is 18.6. The molecule has 80 valence electrons. The van der Waals surface area contributed by atoms with Gasteiger partial charge in [0.05, 0.1) is 6.04 Å². The first kappa shape index (κ1) is 10.3. The fourth-order valence-corrected chi connectivity index (χ4v) is 2.65. The van der Waals surface area contributed by atoms with Crippen LogP contribution in [0.2, 0.25) is 0 Å². The van der Waals surface area contributed by atoms with Gasteiger partial charge in [-0.15, -0.1) is 11.3 Å². The van der Waals surface area contributed by atoms with Gasteiger partial charge in [0, 0.05) is 24.5 Å². The molecule has 1 aliphatic heterocycles. The maximum atomic E-state index is 11.6. The number of likely N-dealkylation sites (tertiary alicyclic amines) is 1. The highest BCUT2D eigenvalue weighted by Crippen LogP contribution is 2.28. The van der Waals surface area contributed by atoms with Crippen molar-refractivity contribution in [3.63, 3.8) is 0 Å². The molecular weight excluding hydrogens is 212 g/mol. The molecule has 0 aliphatic carbocycles. The molecule has 5 heteroatoms. The molecule has 0 saturated carbocycles. The lowest BCUT2D eigenvalue weighted by molar-refractivity contribution is -0.141. The number of carbonyl (C=O) groups excluding carboxylic acids is 2. The molecular formula is C10H12N2O2S. The third-order valence-electron chi connectivity index (χ3n) is 2.58. The molecule has 1 aromatic rings. The molecule has 15 heavy (non-hydrogen) atoms. The molecule has 0 aromatic carbocycles. The Morgan fingerprint density at radius 2 is 2.40 bits per heavy atom. The third-order valence-corrected chi connectivity index (χ3v) is 3.46. The van der Waals surface area contributed by atoms with E-state index in [0.29, 0.717) is 13.0 Å². The highest BCUT2D eigenvalue weighted by molar-refractivity contribution is 7.09. The molecule has 1 fully saturated rings. The molecule has 1 atom stereocenters. The van der Waals surface area contributed by atoms with Crippen LogP contribution in [-0.2, 0) is 9.59 Å². The van der Waals surface area contributed by atoms with Gasteiger partial charge in [-0.25, -0.2) is 4.98 Å². The average molecular weight is 224 g/mol. The molecule has 1 aliphatic rings. The number of aromatic nitrogens is 1. The van der Waals surface area contributed by atoms with Gasteiger partial charge in [0.2, 0.25) is 5.78 Å². The van der Waals surface area contributed by atoms with E-state index < -0.39 is 0 Å². The quantitative estimate of drug-likeness (QED) is 0.729. The van der Waals surface area contributed by atoms with Crippen LogP contribution in [-0.4, -0.2) is 28.1 Å². The van der Waals surface area contributed by atoms with E-state index in [1.54, 1.807) is 11.1 Å². The summed E-state index contributed by atoms with van der Waals surface area (Å²) in [6.07, 6.45) is 2.87. The Hall–Kier alpha value is -1.23. The molecule has 1 unspecified atom stereocenters. The zero-order chi connectivity index (χ0) is 10.8. The van der Waals surface area contributed by atoms with Crippen molar-refractivity contribution in [3.8, 4) is 0 Å². The second-order valence-corrected chi connectivity index (χ2v) is 4.39. The summed E-state index contributed by atoms with van der Waals surface area (Å²) in [4.78, 5) is 28.6. The number of amides is 1. The summed E-state index contributed by atoms with van der Waals surface area (Å²) in [5, 5.41) is 2.81. The van der Waals surface area contributed by atoms with Crippen molar-refractivity contribution >= 4 is 23.0 Å². The van der Waals surface area contributed by atoms with Crippen LogP contribution in [0.5, 0.6) is 0 Å². The first-order valence-corrected chi connectivity index (χ1v) is 5.85. The third kappa shape index (κ3) is 1.79. The molecule has 1 saturated heterocycles. The zero-order valence-electron chi connectivity index (χ0n) is 8.47. The summed E-state index contributed by atoms with van der Waals surface area (Å²) in [7, 11) is 0. The van der Waals surface area contributed by atoms with Crippen LogP contribution in [0.25, 0.3) is 0 Å². The molecule has 0 N–H and O–H groups in total. The van der Waals surface area contributed by atoms with Gasteiger partial charge in [0.15, 0.2) is 0 Å². The van der Waals surface area contributed by atoms with Crippen molar-refractivity contribution in [1.29, 1.82) is 0 Å². The van der Waals surface area contributed by atoms with Crippen molar-refractivity contribution in [3.05, 3.63) is 16.6 Å². The fraction of sp³-hybridized carbons (Fsp3) is 0.500. The van der Waals surface area contributed by atoms with Gasteiger partial charge in [0.1, 0.15) is 5.01 Å². The van der Waals surface area contributed by atoms with Crippen LogP contribution >= 0.6 is 11.3 Å². The second kappa shape index (κ2) is 4.10. The van der Waals surface area contributed by atoms with Gasteiger partial charge in [-0.2, -0.15) is 0 Å². The molecule has 2 heterocycles. The van der Waals surface area contributed by atoms with Crippen molar-refractivity contribution in [2.75, 3.05) is 6.54 Å². The predicted octanol–water partition coefficient (Wildman–Crippen LogP) is 1.40. The van der Waals surface area contributed by atoms with Crippen LogP contribution in [0.1, 0.15) is 30.8 Å². The van der Waals surface area contributed by atoms with Gasteiger partial charge in [-0.05, 0) is 6.42 Å². The lowest BCUT2D eigenvalue weighted by Crippen LogP contribution is -2.31. The largest absolute Gasteiger partial charge is 0.326 e. The molecule has 4 nitrogen and oxygen atoms in total. The Balaban J connectivity index is 2.21. The highest BCUT2D eigenvalue weighted by Gasteiger charge is 2.35. The summed E-state index contributed by atoms with van der Waals surface area (Å²) in [5.74, 6) is -0.623. The Kier molecular flexibility index (Phi) is 2.81. The topological polar surface area (TPSA) is 50.3 Å². The predicted molar refractivity (Wildman–Crippen MR) is 56.5 cm³/mol. The van der Waals surface area contributed by atoms with Gasteiger partial charge < -0.3 is 4.90 Å². The molecule has 0 bridgehead atoms. The lowest BCUT2D eigenvalue weighted by atomic mass is 10.2. The van der Waals surface area contributed by atoms with E-state index in [9.17, 15) is 9.59 Å². The van der Waals surface area contributed by atoms with E-state index in [-0.39, 0.29) is 17.7 Å². The van der Waals surface area contributed by atoms with Crippen LogP contribution in [0.3, 0.4) is 0 Å². The minimum absolute atomic E-state index is 0.0241. The smallest absolute Gasteiger partial charge is 0.290 e. The first-order valence-electron chi connectivity index (χ1n) is 4.97. The summed E-state index contributed by atoms with van der Waals surface area (Å²) in [5.41, 5.74) is 0. The summed E-state index contributed by atoms with van der Waals surface area (Å²) < 4.78 is 0. The van der Waals surface area contributed by atoms with Gasteiger partial charge in [-0.3, -0.25) is 9.59 Å². The van der Waals surface area contributed by atoms with E-state index in [2.05, 4.69) is 4.98 Å². The lowest BCUT2D eigenvalue weighted by Gasteiger charge is -2.23. The number of Topliss-reactive ketones (excluding diaryl/α,β-unsaturated/α-hetero) is 1. The Morgan fingerprint density at radius 3 is 2.87 bits per heavy atom. The molecule has 0 spiro atoms. The Morgan fingerprint density at radius 1 is 1.60 bits per heavy atom. The summed E-state index contributed by atoms with van der Waals surface area (Å²) in [6, 6.07) is -0.0241. The number of nitrogens with zero attached hydrogens (tertiary/aromatic N) is 2. The Bertz CT molecular complexity index is 375. The number of ketones is 1. The van der Waals surface area contributed by atoms with Gasteiger partial charge in [0.25, 0.3) is 5.91 Å². The van der Waals surface area contributed by atoms with E-state index in [1.165, 1.54) is 11.3 Å².